The molecule has 0 N–H and O–H groups in total. The van der Waals surface area contributed by atoms with Crippen LogP contribution in [-0.2, 0) is 28.7 Å². The van der Waals surface area contributed by atoms with Crippen LogP contribution in [0.4, 0.5) is 36.8 Å². The third kappa shape index (κ3) is 5.69. The highest BCUT2D eigenvalue weighted by Crippen LogP contribution is 2.39. The molecule has 12 heteroatoms. The Morgan fingerprint density at radius 1 is 1.00 bits per heavy atom. The Kier molecular flexibility index (Phi) is 6.75. The number of carbonyl (C=O) groups excluding carboxylic acids is 2. The van der Waals surface area contributed by atoms with Gasteiger partial charge in [-0.15, -0.1) is 0 Å². The Morgan fingerprint density at radius 2 is 1.65 bits per heavy atom. The molecule has 1 aromatic rings. The number of hydrogen-bond donors (Lipinski definition) is 0. The first-order valence-electron chi connectivity index (χ1n) is 10.8. The smallest absolute Gasteiger partial charge is 0.444 e. The van der Waals surface area contributed by atoms with Crippen molar-refractivity contribution >= 4 is 17.7 Å². The van der Waals surface area contributed by atoms with Gasteiger partial charge in [0.2, 0.25) is 0 Å². The number of hydrogen-bond acceptors (Lipinski definition) is 4. The van der Waals surface area contributed by atoms with Gasteiger partial charge in [0.1, 0.15) is 5.60 Å². The second-order valence-corrected chi connectivity index (χ2v) is 9.57. The molecule has 6 nitrogen and oxygen atoms in total. The topological polar surface area (TPSA) is 53.1 Å². The number of rotatable bonds is 1. The zero-order valence-electron chi connectivity index (χ0n) is 19.3. The van der Waals surface area contributed by atoms with Gasteiger partial charge in [-0.05, 0) is 57.4 Å². The lowest BCUT2D eigenvalue weighted by Gasteiger charge is -2.43. The van der Waals surface area contributed by atoms with Crippen molar-refractivity contribution in [3.8, 4) is 0 Å². The number of benzene rings is 1. The Balaban J connectivity index is 1.92. The minimum absolute atomic E-state index is 0.124. The first-order chi connectivity index (χ1) is 15.5. The summed E-state index contributed by atoms with van der Waals surface area (Å²) in [6.07, 6.45) is -10.4. The normalized spacial score (nSPS) is 19.7. The van der Waals surface area contributed by atoms with Crippen molar-refractivity contribution in [1.29, 1.82) is 0 Å². The number of halogens is 6. The molecule has 2 heterocycles. The van der Waals surface area contributed by atoms with E-state index >= 15 is 0 Å². The van der Waals surface area contributed by atoms with Gasteiger partial charge in [0.25, 0.3) is 0 Å². The first kappa shape index (κ1) is 26.0. The predicted octanol–water partition coefficient (Wildman–Crippen LogP) is 4.60. The number of carbonyl (C=O) groups is 2. The third-order valence-corrected chi connectivity index (χ3v) is 5.77. The molecule has 0 aliphatic carbocycles. The van der Waals surface area contributed by atoms with E-state index in [1.165, 1.54) is 4.90 Å². The molecular formula is C22H27F6N3O3. The number of nitrogens with zero attached hydrogens (tertiary/aromatic N) is 3. The molecular weight excluding hydrogens is 468 g/mol. The van der Waals surface area contributed by atoms with E-state index < -0.39 is 48.1 Å². The van der Waals surface area contributed by atoms with Crippen molar-refractivity contribution in [3.05, 3.63) is 28.8 Å². The summed E-state index contributed by atoms with van der Waals surface area (Å²) < 4.78 is 85.0. The quantitative estimate of drug-likeness (QED) is 0.535. The molecule has 0 radical (unpaired) electrons. The van der Waals surface area contributed by atoms with Crippen LogP contribution in [0.1, 0.15) is 44.4 Å². The number of fused-ring (bicyclic) bond motifs is 1. The molecule has 2 aliphatic heterocycles. The minimum atomic E-state index is -5.07. The molecule has 1 atom stereocenters. The molecule has 2 aliphatic rings. The van der Waals surface area contributed by atoms with Crippen LogP contribution >= 0.6 is 0 Å². The maximum atomic E-state index is 13.6. The van der Waals surface area contributed by atoms with Gasteiger partial charge in [-0.25, -0.2) is 4.79 Å². The molecule has 0 unspecified atom stereocenters. The van der Waals surface area contributed by atoms with Crippen molar-refractivity contribution in [2.45, 2.75) is 64.7 Å². The standard InChI is InChI=1S/C22H27F6N3O3/c1-13-11-29(7-8-31(13)19(33)34-20(2,3)4)17-10-15(21(23,24)25)9-14-5-6-30(12-16(14)17)18(32)22(26,27)28/h9-10,13H,5-8,11-12H2,1-4H3/t13-/m1/s1. The van der Waals surface area contributed by atoms with Crippen LogP contribution in [0, 0.1) is 0 Å². The van der Waals surface area contributed by atoms with Crippen molar-refractivity contribution in [3.63, 3.8) is 0 Å². The lowest BCUT2D eigenvalue weighted by atomic mass is 9.93. The second-order valence-electron chi connectivity index (χ2n) is 9.57. The molecule has 2 amide bonds. The van der Waals surface area contributed by atoms with Crippen molar-refractivity contribution in [2.24, 2.45) is 0 Å². The molecule has 0 bridgehead atoms. The number of amides is 2. The van der Waals surface area contributed by atoms with Gasteiger partial charge in [0.15, 0.2) is 0 Å². The van der Waals surface area contributed by atoms with Crippen LogP contribution in [0.25, 0.3) is 0 Å². The summed E-state index contributed by atoms with van der Waals surface area (Å²) in [4.78, 5) is 28.0. The lowest BCUT2D eigenvalue weighted by Crippen LogP contribution is -2.55. The van der Waals surface area contributed by atoms with E-state index in [1.807, 2.05) is 0 Å². The van der Waals surface area contributed by atoms with Crippen LogP contribution in [0.2, 0.25) is 0 Å². The first-order valence-corrected chi connectivity index (χ1v) is 10.8. The molecule has 34 heavy (non-hydrogen) atoms. The van der Waals surface area contributed by atoms with Crippen LogP contribution in [0.5, 0.6) is 0 Å². The van der Waals surface area contributed by atoms with Crippen LogP contribution < -0.4 is 4.90 Å². The summed E-state index contributed by atoms with van der Waals surface area (Å²) in [6, 6.07) is 1.43. The Morgan fingerprint density at radius 3 is 2.18 bits per heavy atom. The van der Waals surface area contributed by atoms with E-state index in [0.717, 1.165) is 12.1 Å². The largest absolute Gasteiger partial charge is 0.471 e. The second kappa shape index (κ2) is 8.84. The Bertz CT molecular complexity index is 955. The average molecular weight is 495 g/mol. The average Bonchev–Trinajstić information content (AvgIpc) is 2.69. The van der Waals surface area contributed by atoms with E-state index in [4.69, 9.17) is 4.74 Å². The van der Waals surface area contributed by atoms with Crippen molar-refractivity contribution in [1.82, 2.24) is 9.80 Å². The van der Waals surface area contributed by atoms with Gasteiger partial charge >= 0.3 is 24.4 Å². The molecule has 1 saturated heterocycles. The fourth-order valence-corrected chi connectivity index (χ4v) is 4.21. The van der Waals surface area contributed by atoms with E-state index in [0.29, 0.717) is 4.90 Å². The van der Waals surface area contributed by atoms with Crippen LogP contribution in [0.3, 0.4) is 0 Å². The molecule has 0 aromatic heterocycles. The zero-order chi connectivity index (χ0) is 25.6. The zero-order valence-corrected chi connectivity index (χ0v) is 19.3. The fourth-order valence-electron chi connectivity index (χ4n) is 4.21. The summed E-state index contributed by atoms with van der Waals surface area (Å²) >= 11 is 0. The summed E-state index contributed by atoms with van der Waals surface area (Å²) in [7, 11) is 0. The van der Waals surface area contributed by atoms with Crippen LogP contribution in [0.15, 0.2) is 12.1 Å². The maximum absolute atomic E-state index is 13.6. The number of anilines is 1. The van der Waals surface area contributed by atoms with E-state index in [2.05, 4.69) is 0 Å². The summed E-state index contributed by atoms with van der Waals surface area (Å²) in [6.45, 7) is 6.57. The summed E-state index contributed by atoms with van der Waals surface area (Å²) in [5, 5.41) is 0. The third-order valence-electron chi connectivity index (χ3n) is 5.77. The molecule has 1 aromatic carbocycles. The highest BCUT2D eigenvalue weighted by Gasteiger charge is 2.44. The van der Waals surface area contributed by atoms with Crippen LogP contribution in [-0.4, -0.2) is 65.8 Å². The minimum Gasteiger partial charge on any atom is -0.444 e. The maximum Gasteiger partial charge on any atom is 0.471 e. The molecule has 3 rings (SSSR count). The van der Waals surface area contributed by atoms with Gasteiger partial charge in [-0.3, -0.25) is 4.79 Å². The summed E-state index contributed by atoms with van der Waals surface area (Å²) in [5.41, 5.74) is -0.977. The molecule has 1 fully saturated rings. The Labute approximate surface area is 193 Å². The number of piperazine rings is 1. The monoisotopic (exact) mass is 495 g/mol. The SMILES string of the molecule is C[C@@H]1CN(c2cc(C(F)(F)F)cc3c2CN(C(=O)C(F)(F)F)CC3)CCN1C(=O)OC(C)(C)C. The van der Waals surface area contributed by atoms with Gasteiger partial charge < -0.3 is 19.4 Å². The molecule has 190 valence electrons. The summed E-state index contributed by atoms with van der Waals surface area (Å²) in [5.74, 6) is -2.02. The van der Waals surface area contributed by atoms with E-state index in [1.54, 1.807) is 32.6 Å². The van der Waals surface area contributed by atoms with Gasteiger partial charge in [0.05, 0.1) is 5.56 Å². The van der Waals surface area contributed by atoms with Crippen molar-refractivity contribution in [2.75, 3.05) is 31.1 Å². The molecule has 0 spiro atoms. The highest BCUT2D eigenvalue weighted by molar-refractivity contribution is 5.82. The van der Waals surface area contributed by atoms with Gasteiger partial charge in [0, 0.05) is 44.5 Å². The predicted molar refractivity (Wildman–Crippen MR) is 111 cm³/mol. The highest BCUT2D eigenvalue weighted by atomic mass is 19.4. The van der Waals surface area contributed by atoms with E-state index in [-0.39, 0.29) is 49.4 Å². The van der Waals surface area contributed by atoms with E-state index in [9.17, 15) is 35.9 Å². The molecule has 0 saturated carbocycles. The number of alkyl halides is 6. The van der Waals surface area contributed by atoms with Gasteiger partial charge in [-0.1, -0.05) is 0 Å². The lowest BCUT2D eigenvalue weighted by molar-refractivity contribution is -0.186. The fraction of sp³-hybridized carbons (Fsp3) is 0.636. The van der Waals surface area contributed by atoms with Crippen molar-refractivity contribution < 1.29 is 40.7 Å². The Hall–Kier alpha value is -2.66. The number of ether oxygens (including phenoxy) is 1. The van der Waals surface area contributed by atoms with Gasteiger partial charge in [-0.2, -0.15) is 26.3 Å².